The van der Waals surface area contributed by atoms with E-state index in [0.29, 0.717) is 0 Å². The van der Waals surface area contributed by atoms with Gasteiger partial charge < -0.3 is 103 Å². The van der Waals surface area contributed by atoms with Crippen LogP contribution in [0.2, 0.25) is 0 Å². The molecule has 0 aromatic rings. The van der Waals surface area contributed by atoms with Crippen molar-refractivity contribution in [3.63, 3.8) is 0 Å². The molecule has 21 atom stereocenters. The van der Waals surface area contributed by atoms with Crippen LogP contribution in [0.1, 0.15) is 12.8 Å². The fraction of sp³-hybridized carbons (Fsp3) is 1.00. The first-order valence-corrected chi connectivity index (χ1v) is 15.5. The molecule has 0 aromatic heterocycles. The van der Waals surface area contributed by atoms with Gasteiger partial charge in [-0.2, -0.15) is 0 Å². The SMILES string of the molecule is CNC1C(O)C2O[C@H](O[C@@H]3C(N)C[C@@H](N)C(O)[C@H]3OC3O[C@H](CN)[C@@H](O)[C@H]3O)C(N)C[C@@H]2O[C@@H]1O[C@H]1OC(CO)[C@@H](N)[C@H](O)C1O. The highest BCUT2D eigenvalue weighted by atomic mass is 16.8. The largest absolute Gasteiger partial charge is 0.394 e. The first kappa shape index (κ1) is 36.5. The minimum absolute atomic E-state index is 0.0882. The highest BCUT2D eigenvalue weighted by Crippen LogP contribution is 2.36. The predicted octanol–water partition coefficient (Wildman–Crippen LogP) is -8.52. The molecule has 18 N–H and O–H groups in total. The van der Waals surface area contributed by atoms with Crippen molar-refractivity contribution in [3.05, 3.63) is 0 Å². The smallest absolute Gasteiger partial charge is 0.189 e. The summed E-state index contributed by atoms with van der Waals surface area (Å²) in [7, 11) is 1.54. The van der Waals surface area contributed by atoms with Crippen LogP contribution >= 0.6 is 0 Å². The number of aliphatic hydroxyl groups is 7. The zero-order chi connectivity index (χ0) is 33.6. The molecule has 4 saturated heterocycles. The second kappa shape index (κ2) is 15.0. The Labute approximate surface area is 264 Å². The molecule has 5 rings (SSSR count). The summed E-state index contributed by atoms with van der Waals surface area (Å²) in [6.07, 6.45) is -19.5. The van der Waals surface area contributed by atoms with Crippen LogP contribution in [-0.2, 0) is 33.2 Å². The Morgan fingerprint density at radius 2 is 1.26 bits per heavy atom. The number of fused-ring (bicyclic) bond motifs is 1. The average molecular weight is 671 g/mol. The first-order valence-electron chi connectivity index (χ1n) is 15.5. The van der Waals surface area contributed by atoms with Crippen molar-refractivity contribution in [1.29, 1.82) is 0 Å². The van der Waals surface area contributed by atoms with Gasteiger partial charge in [-0.15, -0.1) is 0 Å². The molecule has 0 bridgehead atoms. The molecule has 1 aliphatic carbocycles. The topological polar surface area (TPSA) is 348 Å². The van der Waals surface area contributed by atoms with Gasteiger partial charge in [-0.3, -0.25) is 0 Å². The van der Waals surface area contributed by atoms with E-state index in [1.807, 2.05) is 0 Å². The van der Waals surface area contributed by atoms with Crippen molar-refractivity contribution < 1.29 is 68.9 Å². The molecule has 4 aliphatic heterocycles. The summed E-state index contributed by atoms with van der Waals surface area (Å²) >= 11 is 0. The average Bonchev–Trinajstić information content (AvgIpc) is 3.30. The lowest BCUT2D eigenvalue weighted by Crippen LogP contribution is -2.70. The second-order valence-corrected chi connectivity index (χ2v) is 12.7. The van der Waals surface area contributed by atoms with Crippen molar-refractivity contribution >= 4 is 0 Å². The molecular formula is C26H50N6O14. The van der Waals surface area contributed by atoms with E-state index in [1.54, 1.807) is 0 Å². The Kier molecular flexibility index (Phi) is 11.9. The Morgan fingerprint density at radius 1 is 0.630 bits per heavy atom. The van der Waals surface area contributed by atoms with Crippen molar-refractivity contribution in [2.24, 2.45) is 28.7 Å². The van der Waals surface area contributed by atoms with Gasteiger partial charge in [0.25, 0.3) is 0 Å². The van der Waals surface area contributed by atoms with Gasteiger partial charge in [-0.1, -0.05) is 0 Å². The maximum atomic E-state index is 11.4. The number of likely N-dealkylation sites (N-methyl/N-ethyl adjacent to an activating group) is 1. The molecule has 1 saturated carbocycles. The predicted molar refractivity (Wildman–Crippen MR) is 152 cm³/mol. The fourth-order valence-electron chi connectivity index (χ4n) is 6.77. The van der Waals surface area contributed by atoms with Crippen LogP contribution < -0.4 is 34.0 Å². The summed E-state index contributed by atoms with van der Waals surface area (Å²) < 4.78 is 41.3. The quantitative estimate of drug-likeness (QED) is 0.108. The van der Waals surface area contributed by atoms with Gasteiger partial charge in [0.1, 0.15) is 61.0 Å². The summed E-state index contributed by atoms with van der Waals surface area (Å²) in [5.41, 5.74) is 30.4. The lowest BCUT2D eigenvalue weighted by atomic mass is 9.84. The number of aliphatic hydroxyl groups excluding tert-OH is 7. The van der Waals surface area contributed by atoms with Crippen molar-refractivity contribution in [3.8, 4) is 0 Å². The van der Waals surface area contributed by atoms with Crippen LogP contribution in [0.4, 0.5) is 0 Å². The molecule has 20 nitrogen and oxygen atoms in total. The summed E-state index contributed by atoms with van der Waals surface area (Å²) in [6, 6.07) is -4.45. The molecule has 0 spiro atoms. The standard InChI is InChI=1S/C26H50N6O14/c1-32-13-17(37)21-9(40-24(13)46-26-19(39)16(36)12(31)11(5-33)42-26)3-8(30)23(44-21)43-20-7(29)2-6(28)14(34)22(20)45-25-18(38)15(35)10(4-27)41-25/h6-26,32-39H,2-5,27-31H2,1H3/t6-,7?,8?,9+,10-,11?,12-,13?,14?,15-,16+,17?,18-,19?,20-,21?,22-,23+,24-,25?,26-/m1/s1. The van der Waals surface area contributed by atoms with Gasteiger partial charge in [0.15, 0.2) is 25.2 Å². The van der Waals surface area contributed by atoms with Gasteiger partial charge >= 0.3 is 0 Å². The lowest BCUT2D eigenvalue weighted by molar-refractivity contribution is -0.374. The minimum Gasteiger partial charge on any atom is -0.394 e. The number of rotatable bonds is 9. The highest BCUT2D eigenvalue weighted by Gasteiger charge is 2.55. The number of nitrogens with one attached hydrogen (secondary N) is 1. The Bertz CT molecular complexity index is 993. The van der Waals surface area contributed by atoms with Crippen molar-refractivity contribution in [2.75, 3.05) is 20.2 Å². The summed E-state index contributed by atoms with van der Waals surface area (Å²) in [5.74, 6) is 0. The summed E-state index contributed by atoms with van der Waals surface area (Å²) in [4.78, 5) is 0. The molecule has 268 valence electrons. The van der Waals surface area contributed by atoms with E-state index in [1.165, 1.54) is 7.05 Å². The number of nitrogens with two attached hydrogens (primary N) is 5. The number of ether oxygens (including phenoxy) is 7. The highest BCUT2D eigenvalue weighted by molar-refractivity contribution is 5.03. The molecule has 0 amide bonds. The molecular weight excluding hydrogens is 620 g/mol. The third kappa shape index (κ3) is 6.95. The van der Waals surface area contributed by atoms with Gasteiger partial charge in [0.2, 0.25) is 0 Å². The third-order valence-corrected chi connectivity index (χ3v) is 9.56. The maximum Gasteiger partial charge on any atom is 0.189 e. The van der Waals surface area contributed by atoms with Gasteiger partial charge in [-0.05, 0) is 19.9 Å². The maximum absolute atomic E-state index is 11.4. The van der Waals surface area contributed by atoms with E-state index >= 15 is 0 Å². The van der Waals surface area contributed by atoms with Crippen LogP contribution in [0.25, 0.3) is 0 Å². The zero-order valence-corrected chi connectivity index (χ0v) is 25.3. The van der Waals surface area contributed by atoms with Gasteiger partial charge in [-0.25, -0.2) is 0 Å². The molecule has 20 heteroatoms. The van der Waals surface area contributed by atoms with Crippen LogP contribution in [0.3, 0.4) is 0 Å². The normalized spacial score (nSPS) is 54.8. The minimum atomic E-state index is -1.57. The zero-order valence-electron chi connectivity index (χ0n) is 25.3. The number of hydrogen-bond acceptors (Lipinski definition) is 20. The summed E-state index contributed by atoms with van der Waals surface area (Å²) in [5, 5.41) is 76.3. The molecule has 9 unspecified atom stereocenters. The van der Waals surface area contributed by atoms with Crippen LogP contribution in [0.15, 0.2) is 0 Å². The Balaban J connectivity index is 1.27. The van der Waals surface area contributed by atoms with E-state index in [4.69, 9.17) is 61.8 Å². The number of hydrogen-bond donors (Lipinski definition) is 13. The third-order valence-electron chi connectivity index (χ3n) is 9.56. The molecule has 5 aliphatic rings. The second-order valence-electron chi connectivity index (χ2n) is 12.7. The van der Waals surface area contributed by atoms with E-state index in [2.05, 4.69) is 5.32 Å². The molecule has 0 radical (unpaired) electrons. The van der Waals surface area contributed by atoms with Crippen LogP contribution in [-0.4, -0.2) is 185 Å². The lowest BCUT2D eigenvalue weighted by Gasteiger charge is -2.51. The van der Waals surface area contributed by atoms with Crippen molar-refractivity contribution in [1.82, 2.24) is 5.32 Å². The Morgan fingerprint density at radius 3 is 1.89 bits per heavy atom. The van der Waals surface area contributed by atoms with Gasteiger partial charge in [0.05, 0.1) is 36.9 Å². The molecule has 0 aromatic carbocycles. The van der Waals surface area contributed by atoms with E-state index in [-0.39, 0.29) is 19.4 Å². The molecule has 4 heterocycles. The monoisotopic (exact) mass is 670 g/mol. The van der Waals surface area contributed by atoms with E-state index in [0.717, 1.165) is 0 Å². The van der Waals surface area contributed by atoms with Crippen molar-refractivity contribution in [2.45, 2.75) is 141 Å². The van der Waals surface area contributed by atoms with Crippen LogP contribution in [0.5, 0.6) is 0 Å². The van der Waals surface area contributed by atoms with Crippen LogP contribution in [0, 0.1) is 0 Å². The molecule has 46 heavy (non-hydrogen) atoms. The first-order chi connectivity index (χ1) is 21.8. The van der Waals surface area contributed by atoms with E-state index in [9.17, 15) is 35.7 Å². The van der Waals surface area contributed by atoms with Gasteiger partial charge in [0, 0.05) is 18.6 Å². The summed E-state index contributed by atoms with van der Waals surface area (Å²) in [6.45, 7) is -0.623. The Hall–Kier alpha value is -0.800. The van der Waals surface area contributed by atoms with E-state index < -0.39 is 135 Å². The fourth-order valence-corrected chi connectivity index (χ4v) is 6.77. The molecule has 5 fully saturated rings.